The number of aryl methyl sites for hydroxylation is 1. The van der Waals surface area contributed by atoms with Crippen molar-refractivity contribution in [2.75, 3.05) is 19.8 Å². The number of rotatable bonds is 4. The largest absolute Gasteiger partial charge is 0.386 e. The molecule has 7 nitrogen and oxygen atoms in total. The molecule has 0 aromatic heterocycles. The second kappa shape index (κ2) is 5.56. The number of nitrogens with zero attached hydrogens (tertiary/aromatic N) is 1. The van der Waals surface area contributed by atoms with E-state index in [0.29, 0.717) is 13.0 Å². The maximum Gasteiger partial charge on any atom is 0.282 e. The van der Waals surface area contributed by atoms with Gasteiger partial charge in [-0.2, -0.15) is 0 Å². The number of benzene rings is 1. The van der Waals surface area contributed by atoms with E-state index < -0.39 is 16.4 Å². The van der Waals surface area contributed by atoms with Gasteiger partial charge in [-0.1, -0.05) is 6.07 Å². The molecule has 20 heavy (non-hydrogen) atoms. The van der Waals surface area contributed by atoms with Crippen LogP contribution in [0.5, 0.6) is 0 Å². The Hall–Kier alpha value is -1.99. The molecular formula is C13H16N2O5. The monoisotopic (exact) mass is 280 g/mol. The quantitative estimate of drug-likeness (QED) is 0.627. The summed E-state index contributed by atoms with van der Waals surface area (Å²) in [5.41, 5.74) is -0.585. The van der Waals surface area contributed by atoms with Gasteiger partial charge < -0.3 is 15.2 Å². The molecule has 0 aliphatic carbocycles. The Morgan fingerprint density at radius 2 is 2.35 bits per heavy atom. The molecule has 0 radical (unpaired) electrons. The average Bonchev–Trinajstić information content (AvgIpc) is 2.83. The van der Waals surface area contributed by atoms with E-state index in [-0.39, 0.29) is 24.4 Å². The highest BCUT2D eigenvalue weighted by atomic mass is 16.6. The van der Waals surface area contributed by atoms with Gasteiger partial charge >= 0.3 is 0 Å². The molecule has 108 valence electrons. The van der Waals surface area contributed by atoms with Crippen LogP contribution in [-0.4, -0.2) is 41.3 Å². The van der Waals surface area contributed by atoms with Crippen molar-refractivity contribution in [1.82, 2.24) is 5.32 Å². The summed E-state index contributed by atoms with van der Waals surface area (Å²) in [5, 5.41) is 23.5. The summed E-state index contributed by atoms with van der Waals surface area (Å²) < 4.78 is 5.07. The molecular weight excluding hydrogens is 264 g/mol. The van der Waals surface area contributed by atoms with E-state index in [1.807, 2.05) is 0 Å². The molecule has 1 aliphatic heterocycles. The zero-order valence-corrected chi connectivity index (χ0v) is 11.1. The van der Waals surface area contributed by atoms with Crippen LogP contribution >= 0.6 is 0 Å². The lowest BCUT2D eigenvalue weighted by Crippen LogP contribution is -2.43. The summed E-state index contributed by atoms with van der Waals surface area (Å²) in [5.74, 6) is -0.569. The predicted octanol–water partition coefficient (Wildman–Crippen LogP) is 0.784. The molecule has 0 saturated carbocycles. The van der Waals surface area contributed by atoms with Gasteiger partial charge in [0.25, 0.3) is 11.6 Å². The normalized spacial score (nSPS) is 21.7. The van der Waals surface area contributed by atoms with Crippen molar-refractivity contribution in [3.05, 3.63) is 39.4 Å². The molecule has 0 bridgehead atoms. The third-order valence-corrected chi connectivity index (χ3v) is 3.25. The van der Waals surface area contributed by atoms with Crippen molar-refractivity contribution in [3.8, 4) is 0 Å². The van der Waals surface area contributed by atoms with Crippen molar-refractivity contribution >= 4 is 11.6 Å². The van der Waals surface area contributed by atoms with Crippen LogP contribution < -0.4 is 5.32 Å². The lowest BCUT2D eigenvalue weighted by atomic mass is 10.0. The zero-order chi connectivity index (χ0) is 14.8. The summed E-state index contributed by atoms with van der Waals surface area (Å²) >= 11 is 0. The van der Waals surface area contributed by atoms with E-state index in [1.165, 1.54) is 12.1 Å². The first-order valence-electron chi connectivity index (χ1n) is 6.25. The topological polar surface area (TPSA) is 102 Å². The Balaban J connectivity index is 2.12. The molecule has 2 rings (SSSR count). The van der Waals surface area contributed by atoms with Gasteiger partial charge in [0.2, 0.25) is 0 Å². The number of nitro groups is 1. The van der Waals surface area contributed by atoms with E-state index in [2.05, 4.69) is 5.32 Å². The molecule has 7 heteroatoms. The number of ether oxygens (including phenoxy) is 1. The molecule has 2 N–H and O–H groups in total. The van der Waals surface area contributed by atoms with Crippen LogP contribution in [0.4, 0.5) is 5.69 Å². The van der Waals surface area contributed by atoms with E-state index in [4.69, 9.17) is 4.74 Å². The van der Waals surface area contributed by atoms with E-state index in [1.54, 1.807) is 13.0 Å². The maximum atomic E-state index is 12.1. The van der Waals surface area contributed by atoms with Crippen LogP contribution in [0.15, 0.2) is 18.2 Å². The fraction of sp³-hybridized carbons (Fsp3) is 0.462. The van der Waals surface area contributed by atoms with E-state index >= 15 is 0 Å². The predicted molar refractivity (Wildman–Crippen MR) is 70.6 cm³/mol. The number of amides is 1. The minimum Gasteiger partial charge on any atom is -0.386 e. The Labute approximate surface area is 115 Å². The van der Waals surface area contributed by atoms with Crippen molar-refractivity contribution in [2.45, 2.75) is 18.9 Å². The first-order valence-corrected chi connectivity index (χ1v) is 6.25. The summed E-state index contributed by atoms with van der Waals surface area (Å²) in [7, 11) is 0. The van der Waals surface area contributed by atoms with Crippen LogP contribution in [0.3, 0.4) is 0 Å². The minimum absolute atomic E-state index is 0.00230. The minimum atomic E-state index is -1.09. The molecule has 1 saturated heterocycles. The van der Waals surface area contributed by atoms with Gasteiger partial charge in [0.15, 0.2) is 0 Å². The molecule has 1 unspecified atom stereocenters. The average molecular weight is 280 g/mol. The molecule has 1 atom stereocenters. The van der Waals surface area contributed by atoms with Crippen molar-refractivity contribution in [3.63, 3.8) is 0 Å². The van der Waals surface area contributed by atoms with Gasteiger partial charge in [-0.25, -0.2) is 0 Å². The van der Waals surface area contributed by atoms with Gasteiger partial charge in [-0.15, -0.1) is 0 Å². The fourth-order valence-electron chi connectivity index (χ4n) is 2.07. The number of hydrogen-bond donors (Lipinski definition) is 2. The number of carbonyl (C=O) groups is 1. The fourth-order valence-corrected chi connectivity index (χ4v) is 2.07. The Morgan fingerprint density at radius 3 is 2.95 bits per heavy atom. The Bertz CT molecular complexity index is 538. The smallest absolute Gasteiger partial charge is 0.282 e. The van der Waals surface area contributed by atoms with Gasteiger partial charge in [0.1, 0.15) is 11.2 Å². The van der Waals surface area contributed by atoms with Crippen LogP contribution in [0.2, 0.25) is 0 Å². The molecule has 0 spiro atoms. The van der Waals surface area contributed by atoms with Gasteiger partial charge in [-0.3, -0.25) is 14.9 Å². The lowest BCUT2D eigenvalue weighted by Gasteiger charge is -2.20. The number of hydrogen-bond acceptors (Lipinski definition) is 5. The standard InChI is InChI=1S/C13H16N2O5/c1-9-2-3-11(15(18)19)10(6-9)12(16)14-7-13(17)4-5-20-8-13/h2-3,6,17H,4-5,7-8H2,1H3,(H,14,16). The maximum absolute atomic E-state index is 12.1. The SMILES string of the molecule is Cc1ccc([N+](=O)[O-])c(C(=O)NCC2(O)CCOC2)c1. The van der Waals surface area contributed by atoms with Gasteiger partial charge in [0, 0.05) is 25.6 Å². The third kappa shape index (κ3) is 3.12. The third-order valence-electron chi connectivity index (χ3n) is 3.25. The summed E-state index contributed by atoms with van der Waals surface area (Å²) in [6.07, 6.45) is 0.434. The zero-order valence-electron chi connectivity index (χ0n) is 11.1. The molecule has 1 aliphatic rings. The summed E-state index contributed by atoms with van der Waals surface area (Å²) in [4.78, 5) is 22.4. The molecule has 1 amide bonds. The van der Waals surface area contributed by atoms with Crippen molar-refractivity contribution < 1.29 is 19.6 Å². The summed E-state index contributed by atoms with van der Waals surface area (Å²) in [6.45, 7) is 2.36. The molecule has 1 aromatic carbocycles. The molecule has 1 heterocycles. The van der Waals surface area contributed by atoms with Crippen LogP contribution in [-0.2, 0) is 4.74 Å². The highest BCUT2D eigenvalue weighted by Crippen LogP contribution is 2.21. The second-order valence-corrected chi connectivity index (χ2v) is 4.99. The molecule has 1 aromatic rings. The Morgan fingerprint density at radius 1 is 1.60 bits per heavy atom. The number of nitro benzene ring substituents is 1. The lowest BCUT2D eigenvalue weighted by molar-refractivity contribution is -0.385. The summed E-state index contributed by atoms with van der Waals surface area (Å²) in [6, 6.07) is 4.34. The van der Waals surface area contributed by atoms with Crippen LogP contribution in [0, 0.1) is 17.0 Å². The molecule has 1 fully saturated rings. The van der Waals surface area contributed by atoms with Gasteiger partial charge in [0.05, 0.1) is 11.5 Å². The highest BCUT2D eigenvalue weighted by Gasteiger charge is 2.33. The number of nitrogens with one attached hydrogen (secondary N) is 1. The number of aliphatic hydroxyl groups is 1. The second-order valence-electron chi connectivity index (χ2n) is 4.99. The highest BCUT2D eigenvalue weighted by molar-refractivity contribution is 5.98. The van der Waals surface area contributed by atoms with Crippen LogP contribution in [0.25, 0.3) is 0 Å². The van der Waals surface area contributed by atoms with Crippen molar-refractivity contribution in [2.24, 2.45) is 0 Å². The van der Waals surface area contributed by atoms with Gasteiger partial charge in [-0.05, 0) is 18.6 Å². The Kier molecular flexibility index (Phi) is 4.01. The van der Waals surface area contributed by atoms with Crippen LogP contribution in [0.1, 0.15) is 22.3 Å². The number of carbonyl (C=O) groups excluding carboxylic acids is 1. The van der Waals surface area contributed by atoms with Crippen molar-refractivity contribution in [1.29, 1.82) is 0 Å². The van der Waals surface area contributed by atoms with E-state index in [0.717, 1.165) is 5.56 Å². The first kappa shape index (κ1) is 14.4. The first-order chi connectivity index (χ1) is 9.41. The van der Waals surface area contributed by atoms with E-state index in [9.17, 15) is 20.0 Å².